The van der Waals surface area contributed by atoms with Gasteiger partial charge in [0.2, 0.25) is 0 Å². The molecule has 0 aliphatic heterocycles. The third-order valence-corrected chi connectivity index (χ3v) is 2.17. The highest BCUT2D eigenvalue weighted by atomic mass is 16.3. The van der Waals surface area contributed by atoms with Crippen LogP contribution in [0.5, 0.6) is 0 Å². The molecule has 0 aliphatic carbocycles. The van der Waals surface area contributed by atoms with E-state index in [1.54, 1.807) is 6.92 Å². The van der Waals surface area contributed by atoms with Crippen molar-refractivity contribution in [1.82, 2.24) is 0 Å². The quantitative estimate of drug-likeness (QED) is 0.647. The Morgan fingerprint density at radius 1 is 1.33 bits per heavy atom. The minimum Gasteiger partial charge on any atom is -0.393 e. The van der Waals surface area contributed by atoms with Gasteiger partial charge in [-0.1, -0.05) is 19.8 Å². The van der Waals surface area contributed by atoms with Gasteiger partial charge in [-0.15, -0.1) is 0 Å². The summed E-state index contributed by atoms with van der Waals surface area (Å²) >= 11 is 0. The van der Waals surface area contributed by atoms with Crippen LogP contribution in [0.3, 0.4) is 0 Å². The molecule has 0 fully saturated rings. The van der Waals surface area contributed by atoms with E-state index >= 15 is 0 Å². The Morgan fingerprint density at radius 2 is 1.92 bits per heavy atom. The van der Waals surface area contributed by atoms with Gasteiger partial charge in [0.25, 0.3) is 0 Å². The standard InChI is InChI=1S/C10H22O2/c1-4-5-7-10(3,12)8-6-9(2)11/h9,11-12H,4-8H2,1-3H3/t9-,10+/m0/s1. The zero-order chi connectivity index (χ0) is 9.61. The van der Waals surface area contributed by atoms with Crippen molar-refractivity contribution in [1.29, 1.82) is 0 Å². The molecule has 2 heteroatoms. The summed E-state index contributed by atoms with van der Waals surface area (Å²) in [6, 6.07) is 0. The fraction of sp³-hybridized carbons (Fsp3) is 1.00. The summed E-state index contributed by atoms with van der Waals surface area (Å²) in [4.78, 5) is 0. The smallest absolute Gasteiger partial charge is 0.0620 e. The molecule has 0 radical (unpaired) electrons. The van der Waals surface area contributed by atoms with Gasteiger partial charge in [-0.3, -0.25) is 0 Å². The predicted octanol–water partition coefficient (Wildman–Crippen LogP) is 2.09. The van der Waals surface area contributed by atoms with Crippen LogP contribution in [-0.4, -0.2) is 21.9 Å². The highest BCUT2D eigenvalue weighted by molar-refractivity contribution is 4.72. The zero-order valence-electron chi connectivity index (χ0n) is 8.51. The number of hydrogen-bond acceptors (Lipinski definition) is 2. The average Bonchev–Trinajstić information content (AvgIpc) is 1.98. The first-order valence-electron chi connectivity index (χ1n) is 4.88. The highest BCUT2D eigenvalue weighted by Crippen LogP contribution is 2.20. The van der Waals surface area contributed by atoms with Gasteiger partial charge in [0.05, 0.1) is 11.7 Å². The summed E-state index contributed by atoms with van der Waals surface area (Å²) in [5, 5.41) is 18.8. The molecule has 74 valence electrons. The van der Waals surface area contributed by atoms with Crippen molar-refractivity contribution < 1.29 is 10.2 Å². The SMILES string of the molecule is CCCC[C@@](C)(O)CC[C@H](C)O. The Morgan fingerprint density at radius 3 is 2.33 bits per heavy atom. The van der Waals surface area contributed by atoms with Gasteiger partial charge >= 0.3 is 0 Å². The Labute approximate surface area is 75.6 Å². The topological polar surface area (TPSA) is 40.5 Å². The van der Waals surface area contributed by atoms with Gasteiger partial charge in [0.1, 0.15) is 0 Å². The van der Waals surface area contributed by atoms with E-state index in [0.717, 1.165) is 19.3 Å². The van der Waals surface area contributed by atoms with Crippen LogP contribution in [-0.2, 0) is 0 Å². The summed E-state index contributed by atoms with van der Waals surface area (Å²) in [7, 11) is 0. The molecule has 0 rings (SSSR count). The lowest BCUT2D eigenvalue weighted by atomic mass is 9.93. The van der Waals surface area contributed by atoms with Crippen LogP contribution >= 0.6 is 0 Å². The summed E-state index contributed by atoms with van der Waals surface area (Å²) < 4.78 is 0. The lowest BCUT2D eigenvalue weighted by molar-refractivity contribution is 0.0250. The molecule has 0 spiro atoms. The van der Waals surface area contributed by atoms with Gasteiger partial charge < -0.3 is 10.2 Å². The van der Waals surface area contributed by atoms with Crippen LogP contribution in [0.4, 0.5) is 0 Å². The molecule has 2 nitrogen and oxygen atoms in total. The maximum atomic E-state index is 9.78. The van der Waals surface area contributed by atoms with Crippen LogP contribution in [0.15, 0.2) is 0 Å². The minimum absolute atomic E-state index is 0.293. The fourth-order valence-corrected chi connectivity index (χ4v) is 1.20. The number of unbranched alkanes of at least 4 members (excludes halogenated alkanes) is 1. The Hall–Kier alpha value is -0.0800. The van der Waals surface area contributed by atoms with E-state index in [9.17, 15) is 5.11 Å². The van der Waals surface area contributed by atoms with Crippen LogP contribution < -0.4 is 0 Å². The van der Waals surface area contributed by atoms with Crippen molar-refractivity contribution in [3.63, 3.8) is 0 Å². The molecule has 0 aliphatic rings. The van der Waals surface area contributed by atoms with Crippen LogP contribution in [0.25, 0.3) is 0 Å². The van der Waals surface area contributed by atoms with E-state index in [1.807, 2.05) is 6.92 Å². The van der Waals surface area contributed by atoms with E-state index in [2.05, 4.69) is 6.92 Å². The van der Waals surface area contributed by atoms with Crippen molar-refractivity contribution in [2.24, 2.45) is 0 Å². The molecule has 12 heavy (non-hydrogen) atoms. The molecule has 2 N–H and O–H groups in total. The minimum atomic E-state index is -0.576. The normalized spacial score (nSPS) is 18.8. The van der Waals surface area contributed by atoms with E-state index in [4.69, 9.17) is 5.11 Å². The largest absolute Gasteiger partial charge is 0.393 e. The first-order chi connectivity index (χ1) is 5.48. The Balaban J connectivity index is 3.56. The Bertz CT molecular complexity index is 108. The first-order valence-corrected chi connectivity index (χ1v) is 4.88. The van der Waals surface area contributed by atoms with Gasteiger partial charge in [-0.2, -0.15) is 0 Å². The molecule has 0 aromatic rings. The van der Waals surface area contributed by atoms with Crippen molar-refractivity contribution in [3.05, 3.63) is 0 Å². The van der Waals surface area contributed by atoms with Crippen LogP contribution in [0, 0.1) is 0 Å². The molecule has 0 unspecified atom stereocenters. The predicted molar refractivity (Wildman–Crippen MR) is 51.1 cm³/mol. The molecule has 0 saturated heterocycles. The lowest BCUT2D eigenvalue weighted by Gasteiger charge is -2.23. The zero-order valence-corrected chi connectivity index (χ0v) is 8.51. The summed E-state index contributed by atoms with van der Waals surface area (Å²) in [5.74, 6) is 0. The molecule has 0 heterocycles. The van der Waals surface area contributed by atoms with Gasteiger partial charge in [-0.05, 0) is 33.1 Å². The number of aliphatic hydroxyl groups excluding tert-OH is 1. The van der Waals surface area contributed by atoms with Crippen molar-refractivity contribution >= 4 is 0 Å². The third-order valence-electron chi connectivity index (χ3n) is 2.17. The lowest BCUT2D eigenvalue weighted by Crippen LogP contribution is -2.25. The van der Waals surface area contributed by atoms with E-state index in [-0.39, 0.29) is 6.10 Å². The van der Waals surface area contributed by atoms with E-state index in [1.165, 1.54) is 0 Å². The number of aliphatic hydroxyl groups is 2. The van der Waals surface area contributed by atoms with Crippen molar-refractivity contribution in [2.75, 3.05) is 0 Å². The van der Waals surface area contributed by atoms with Gasteiger partial charge in [-0.25, -0.2) is 0 Å². The van der Waals surface area contributed by atoms with Gasteiger partial charge in [0, 0.05) is 0 Å². The Kier molecular flexibility index (Phi) is 5.51. The number of rotatable bonds is 6. The van der Waals surface area contributed by atoms with Crippen molar-refractivity contribution in [2.45, 2.75) is 64.6 Å². The number of hydrogen-bond donors (Lipinski definition) is 2. The second-order valence-corrected chi connectivity index (χ2v) is 3.99. The molecule has 0 saturated carbocycles. The fourth-order valence-electron chi connectivity index (χ4n) is 1.20. The molecule has 0 aromatic heterocycles. The average molecular weight is 174 g/mol. The van der Waals surface area contributed by atoms with E-state index in [0.29, 0.717) is 12.8 Å². The third kappa shape index (κ3) is 6.62. The van der Waals surface area contributed by atoms with Crippen LogP contribution in [0.2, 0.25) is 0 Å². The summed E-state index contributed by atoms with van der Waals surface area (Å²) in [6.45, 7) is 5.73. The van der Waals surface area contributed by atoms with Crippen molar-refractivity contribution in [3.8, 4) is 0 Å². The molecule has 0 amide bonds. The molecule has 0 bridgehead atoms. The maximum Gasteiger partial charge on any atom is 0.0620 e. The second kappa shape index (κ2) is 5.55. The molecular weight excluding hydrogens is 152 g/mol. The summed E-state index contributed by atoms with van der Waals surface area (Å²) in [5.41, 5.74) is -0.576. The molecule has 0 aromatic carbocycles. The molecular formula is C10H22O2. The van der Waals surface area contributed by atoms with E-state index < -0.39 is 5.60 Å². The second-order valence-electron chi connectivity index (χ2n) is 3.99. The molecule has 2 atom stereocenters. The van der Waals surface area contributed by atoms with Crippen LogP contribution in [0.1, 0.15) is 52.9 Å². The first kappa shape index (κ1) is 11.9. The monoisotopic (exact) mass is 174 g/mol. The maximum absolute atomic E-state index is 9.78. The van der Waals surface area contributed by atoms with Gasteiger partial charge in [0.15, 0.2) is 0 Å². The highest BCUT2D eigenvalue weighted by Gasteiger charge is 2.19. The summed E-state index contributed by atoms with van der Waals surface area (Å²) in [6.07, 6.45) is 4.12.